The summed E-state index contributed by atoms with van der Waals surface area (Å²) >= 11 is 0. The second-order valence-electron chi connectivity index (χ2n) is 23.8. The average Bonchev–Trinajstić information content (AvgIpc) is 3.22. The lowest BCUT2D eigenvalue weighted by atomic mass is 9.33. The molecule has 0 aromatic carbocycles. The summed E-state index contributed by atoms with van der Waals surface area (Å²) in [5.74, 6) is 0.523. The standard InChI is InChI=1S/C55H94N2O6/c1-9-10-11-12-13-14-18-21-24-27-48(61)63-45-31-32-52(6)43(51(45,4)5)30-33-54(8)44(52)29-28-41-42-39-50(2,3)34-36-55(42,37-35-53(41,54)7)49(62)56-38-25-22-19-16-15-17-20-23-26-46(58)57-40-47(59)60/h28,42-45H,9-27,29-40H2,1-8H3,(H,56,62)(H,57,58)(H,59,60)/t42-,43-,44+,45-,52-,53+,54+,55-/m0/s1. The number of rotatable bonds is 25. The molecule has 8 atom stereocenters. The van der Waals surface area contributed by atoms with Gasteiger partial charge in [-0.2, -0.15) is 0 Å². The van der Waals surface area contributed by atoms with Gasteiger partial charge in [-0.15, -0.1) is 0 Å². The number of ether oxygens (including phenoxy) is 1. The molecule has 0 aliphatic heterocycles. The fourth-order valence-corrected chi connectivity index (χ4v) is 14.7. The minimum absolute atomic E-state index is 0.00755. The molecule has 5 rings (SSSR count). The zero-order valence-electron chi connectivity index (χ0n) is 41.8. The first kappa shape index (κ1) is 51.6. The molecule has 0 unspecified atom stereocenters. The molecule has 63 heavy (non-hydrogen) atoms. The van der Waals surface area contributed by atoms with Crippen molar-refractivity contribution in [2.24, 2.45) is 50.2 Å². The fourth-order valence-electron chi connectivity index (χ4n) is 14.7. The lowest BCUT2D eigenvalue weighted by molar-refractivity contribution is -0.213. The topological polar surface area (TPSA) is 122 Å². The van der Waals surface area contributed by atoms with Crippen molar-refractivity contribution in [3.63, 3.8) is 0 Å². The molecular weight excluding hydrogens is 785 g/mol. The number of carbonyl (C=O) groups is 4. The van der Waals surface area contributed by atoms with E-state index in [2.05, 4.69) is 72.1 Å². The summed E-state index contributed by atoms with van der Waals surface area (Å²) < 4.78 is 6.43. The lowest BCUT2D eigenvalue weighted by Gasteiger charge is -2.71. The van der Waals surface area contributed by atoms with Gasteiger partial charge in [-0.05, 0) is 123 Å². The van der Waals surface area contributed by atoms with Gasteiger partial charge >= 0.3 is 11.9 Å². The van der Waals surface area contributed by atoms with Gasteiger partial charge in [0, 0.05) is 24.8 Å². The SMILES string of the molecule is CCCCCCCCCCCC(=O)O[C@H]1CC[C@]2(C)[C@H]3CC=C4[C@@H]5CC(C)(C)CC[C@]5(C(=O)NCCCCCCCCCCC(=O)NCC(=O)O)CC[C@@]4(C)[C@]3(C)CC[C@H]2C1(C)C. The first-order valence-corrected chi connectivity index (χ1v) is 26.5. The summed E-state index contributed by atoms with van der Waals surface area (Å²) in [7, 11) is 0. The molecule has 360 valence electrons. The van der Waals surface area contributed by atoms with Crippen molar-refractivity contribution in [2.75, 3.05) is 13.1 Å². The van der Waals surface area contributed by atoms with Crippen LogP contribution < -0.4 is 10.6 Å². The number of amides is 2. The number of unbranched alkanes of at least 4 members (excludes halogenated alkanes) is 15. The zero-order chi connectivity index (χ0) is 45.9. The molecule has 0 aromatic rings. The summed E-state index contributed by atoms with van der Waals surface area (Å²) in [5, 5.41) is 14.6. The summed E-state index contributed by atoms with van der Waals surface area (Å²) in [6.45, 7) is 20.3. The summed E-state index contributed by atoms with van der Waals surface area (Å²) in [4.78, 5) is 50.2. The molecule has 0 saturated heterocycles. The van der Waals surface area contributed by atoms with Gasteiger partial charge in [0.15, 0.2) is 0 Å². The Bertz CT molecular complexity index is 1570. The number of hydrogen-bond donors (Lipinski definition) is 3. The minimum atomic E-state index is -1.01. The summed E-state index contributed by atoms with van der Waals surface area (Å²) in [5.41, 5.74) is 1.89. The Morgan fingerprint density at radius 1 is 0.667 bits per heavy atom. The molecule has 5 aliphatic rings. The van der Waals surface area contributed by atoms with Crippen LogP contribution in [0.2, 0.25) is 0 Å². The third kappa shape index (κ3) is 12.0. The molecule has 0 radical (unpaired) electrons. The van der Waals surface area contributed by atoms with E-state index in [0.29, 0.717) is 36.5 Å². The molecule has 0 spiro atoms. The Labute approximate surface area is 384 Å². The average molecular weight is 879 g/mol. The number of allylic oxidation sites excluding steroid dienone is 2. The van der Waals surface area contributed by atoms with E-state index in [9.17, 15) is 19.2 Å². The predicted molar refractivity (Wildman–Crippen MR) is 256 cm³/mol. The molecule has 0 aromatic heterocycles. The van der Waals surface area contributed by atoms with Crippen LogP contribution in [-0.4, -0.2) is 48.1 Å². The Balaban J connectivity index is 1.14. The van der Waals surface area contributed by atoms with Crippen LogP contribution in [-0.2, 0) is 23.9 Å². The quantitative estimate of drug-likeness (QED) is 0.0477. The van der Waals surface area contributed by atoms with Gasteiger partial charge in [0.05, 0.1) is 5.41 Å². The number of carbonyl (C=O) groups excluding carboxylic acids is 3. The molecule has 0 heterocycles. The van der Waals surface area contributed by atoms with E-state index in [1.807, 2.05) is 0 Å². The van der Waals surface area contributed by atoms with Crippen LogP contribution in [0.15, 0.2) is 11.6 Å². The van der Waals surface area contributed by atoms with Crippen molar-refractivity contribution in [2.45, 2.75) is 248 Å². The van der Waals surface area contributed by atoms with Crippen LogP contribution in [0.3, 0.4) is 0 Å². The predicted octanol–water partition coefficient (Wildman–Crippen LogP) is 13.4. The third-order valence-corrected chi connectivity index (χ3v) is 18.8. The van der Waals surface area contributed by atoms with Crippen LogP contribution in [0, 0.1) is 50.2 Å². The molecule has 8 heteroatoms. The Morgan fingerprint density at radius 3 is 1.89 bits per heavy atom. The van der Waals surface area contributed by atoms with Crippen molar-refractivity contribution < 1.29 is 29.0 Å². The molecule has 5 aliphatic carbocycles. The Morgan fingerprint density at radius 2 is 1.25 bits per heavy atom. The number of carboxylic acids is 1. The van der Waals surface area contributed by atoms with Crippen molar-refractivity contribution in [3.8, 4) is 0 Å². The van der Waals surface area contributed by atoms with Gasteiger partial charge in [0.25, 0.3) is 0 Å². The van der Waals surface area contributed by atoms with Gasteiger partial charge in [-0.1, -0.05) is 157 Å². The molecule has 0 bridgehead atoms. The van der Waals surface area contributed by atoms with E-state index < -0.39 is 5.97 Å². The molecular formula is C55H94N2O6. The smallest absolute Gasteiger partial charge is 0.322 e. The number of aliphatic carboxylic acids is 1. The van der Waals surface area contributed by atoms with Gasteiger partial charge in [-0.3, -0.25) is 19.2 Å². The van der Waals surface area contributed by atoms with E-state index in [1.165, 1.54) is 57.8 Å². The monoisotopic (exact) mass is 879 g/mol. The first-order valence-electron chi connectivity index (χ1n) is 26.5. The molecule has 4 saturated carbocycles. The number of esters is 1. The summed E-state index contributed by atoms with van der Waals surface area (Å²) in [6, 6.07) is 0. The van der Waals surface area contributed by atoms with Crippen LogP contribution >= 0.6 is 0 Å². The van der Waals surface area contributed by atoms with Crippen molar-refractivity contribution >= 4 is 23.8 Å². The van der Waals surface area contributed by atoms with Gasteiger partial charge in [0.1, 0.15) is 12.6 Å². The lowest BCUT2D eigenvalue weighted by Crippen LogP contribution is -2.65. The number of hydrogen-bond acceptors (Lipinski definition) is 5. The Hall–Kier alpha value is -2.38. The van der Waals surface area contributed by atoms with Crippen molar-refractivity contribution in [1.29, 1.82) is 0 Å². The van der Waals surface area contributed by atoms with E-state index in [-0.39, 0.29) is 57.0 Å². The normalized spacial score (nSPS) is 32.8. The fraction of sp³-hybridized carbons (Fsp3) is 0.891. The highest BCUT2D eigenvalue weighted by molar-refractivity contribution is 5.84. The molecule has 2 amide bonds. The largest absolute Gasteiger partial charge is 0.480 e. The van der Waals surface area contributed by atoms with Gasteiger partial charge in [0.2, 0.25) is 11.8 Å². The van der Waals surface area contributed by atoms with Crippen LogP contribution in [0.1, 0.15) is 242 Å². The second kappa shape index (κ2) is 22.4. The van der Waals surface area contributed by atoms with E-state index in [0.717, 1.165) is 122 Å². The van der Waals surface area contributed by atoms with Gasteiger partial charge < -0.3 is 20.5 Å². The van der Waals surface area contributed by atoms with Crippen molar-refractivity contribution in [1.82, 2.24) is 10.6 Å². The maximum absolute atomic E-state index is 14.6. The van der Waals surface area contributed by atoms with E-state index in [4.69, 9.17) is 9.84 Å². The van der Waals surface area contributed by atoms with Crippen LogP contribution in [0.4, 0.5) is 0 Å². The number of fused-ring (bicyclic) bond motifs is 7. The molecule has 3 N–H and O–H groups in total. The molecule has 8 nitrogen and oxygen atoms in total. The van der Waals surface area contributed by atoms with E-state index in [1.54, 1.807) is 5.57 Å². The highest BCUT2D eigenvalue weighted by Crippen LogP contribution is 2.76. The van der Waals surface area contributed by atoms with Crippen LogP contribution in [0.25, 0.3) is 0 Å². The summed E-state index contributed by atoms with van der Waals surface area (Å²) in [6.07, 6.45) is 34.2. The highest BCUT2D eigenvalue weighted by atomic mass is 16.5. The Kier molecular flexibility index (Phi) is 18.4. The number of carboxylic acid groups (broad SMARTS) is 1. The van der Waals surface area contributed by atoms with E-state index >= 15 is 0 Å². The first-order chi connectivity index (χ1) is 29.9. The van der Waals surface area contributed by atoms with Gasteiger partial charge in [-0.25, -0.2) is 0 Å². The van der Waals surface area contributed by atoms with Crippen molar-refractivity contribution in [3.05, 3.63) is 11.6 Å². The second-order valence-corrected chi connectivity index (χ2v) is 23.8. The zero-order valence-corrected chi connectivity index (χ0v) is 41.8. The van der Waals surface area contributed by atoms with Crippen LogP contribution in [0.5, 0.6) is 0 Å². The maximum Gasteiger partial charge on any atom is 0.322 e. The third-order valence-electron chi connectivity index (χ3n) is 18.8. The number of nitrogens with one attached hydrogen (secondary N) is 2. The highest BCUT2D eigenvalue weighted by Gasteiger charge is 2.69. The minimum Gasteiger partial charge on any atom is -0.480 e. The maximum atomic E-state index is 14.6. The molecule has 4 fully saturated rings.